The van der Waals surface area contributed by atoms with Gasteiger partial charge >= 0.3 is 6.03 Å². The number of amides is 4. The van der Waals surface area contributed by atoms with Crippen LogP contribution in [0.5, 0.6) is 0 Å². The van der Waals surface area contributed by atoms with Crippen LogP contribution in [0.1, 0.15) is 43.4 Å². The Morgan fingerprint density at radius 3 is 2.47 bits per heavy atom. The zero-order valence-electron chi connectivity index (χ0n) is 17.0. The van der Waals surface area contributed by atoms with Crippen molar-refractivity contribution in [2.75, 3.05) is 32.7 Å². The third kappa shape index (κ3) is 4.80. The molecule has 0 atom stereocenters. The van der Waals surface area contributed by atoms with Crippen LogP contribution in [0.3, 0.4) is 0 Å². The van der Waals surface area contributed by atoms with Gasteiger partial charge in [0.15, 0.2) is 0 Å². The van der Waals surface area contributed by atoms with E-state index >= 15 is 0 Å². The molecule has 4 rings (SSSR count). The Morgan fingerprint density at radius 2 is 1.80 bits per heavy atom. The summed E-state index contributed by atoms with van der Waals surface area (Å²) in [5.41, 5.74) is 1.70. The van der Waals surface area contributed by atoms with Crippen molar-refractivity contribution in [1.82, 2.24) is 25.6 Å². The van der Waals surface area contributed by atoms with Crippen molar-refractivity contribution in [3.63, 3.8) is 0 Å². The number of carbonyl (C=O) groups is 3. The molecule has 2 aliphatic heterocycles. The second-order valence-electron chi connectivity index (χ2n) is 8.32. The fourth-order valence-electron chi connectivity index (χ4n) is 4.48. The molecule has 4 amide bonds. The number of piperazine rings is 1. The Labute approximate surface area is 185 Å². The standard InChI is InChI=1S/C20H28ClN5O3S/c21-16-5-4-15(30-16)14-25-12-10-24(11-13-25)9-6-17(27)23-26-18(28)20(22-19(26)29)7-2-1-3-8-20/h4-5H,1-3,6-14H2,(H,22,29)(H,23,27). The van der Waals surface area contributed by atoms with Crippen LogP contribution in [0, 0.1) is 0 Å². The summed E-state index contributed by atoms with van der Waals surface area (Å²) >= 11 is 7.61. The van der Waals surface area contributed by atoms with Gasteiger partial charge in [-0.15, -0.1) is 11.3 Å². The zero-order chi connectivity index (χ0) is 21.1. The lowest BCUT2D eigenvalue weighted by Gasteiger charge is -2.34. The fraction of sp³-hybridized carbons (Fsp3) is 0.650. The number of nitrogens with one attached hydrogen (secondary N) is 2. The molecule has 3 fully saturated rings. The van der Waals surface area contributed by atoms with Gasteiger partial charge < -0.3 is 10.2 Å². The Hall–Kier alpha value is -1.68. The highest BCUT2D eigenvalue weighted by Crippen LogP contribution is 2.33. The molecule has 1 aromatic rings. The van der Waals surface area contributed by atoms with Crippen LogP contribution >= 0.6 is 22.9 Å². The highest BCUT2D eigenvalue weighted by molar-refractivity contribution is 7.16. The molecule has 3 heterocycles. The third-order valence-corrected chi connectivity index (χ3v) is 7.45. The number of imide groups is 1. The van der Waals surface area contributed by atoms with Gasteiger partial charge in [0, 0.05) is 50.6 Å². The lowest BCUT2D eigenvalue weighted by atomic mass is 9.82. The number of thiophene rings is 1. The van der Waals surface area contributed by atoms with E-state index in [1.54, 1.807) is 11.3 Å². The first kappa shape index (κ1) is 21.5. The van der Waals surface area contributed by atoms with E-state index in [0.29, 0.717) is 19.4 Å². The van der Waals surface area contributed by atoms with E-state index in [1.807, 2.05) is 6.07 Å². The van der Waals surface area contributed by atoms with E-state index in [0.717, 1.165) is 61.3 Å². The van der Waals surface area contributed by atoms with E-state index in [-0.39, 0.29) is 18.2 Å². The summed E-state index contributed by atoms with van der Waals surface area (Å²) in [4.78, 5) is 43.2. The molecular formula is C20H28ClN5O3S. The number of hydrazine groups is 1. The van der Waals surface area contributed by atoms with Crippen LogP contribution in [-0.4, -0.2) is 70.9 Å². The van der Waals surface area contributed by atoms with Crippen molar-refractivity contribution in [3.05, 3.63) is 21.3 Å². The molecule has 0 aromatic carbocycles. The molecule has 8 nitrogen and oxygen atoms in total. The first-order valence-electron chi connectivity index (χ1n) is 10.6. The molecule has 0 unspecified atom stereocenters. The Kier molecular flexibility index (Phi) is 6.62. The van der Waals surface area contributed by atoms with Crippen molar-refractivity contribution >= 4 is 40.8 Å². The lowest BCUT2D eigenvalue weighted by molar-refractivity contribution is -0.140. The first-order chi connectivity index (χ1) is 14.4. The van der Waals surface area contributed by atoms with Crippen LogP contribution in [0.15, 0.2) is 12.1 Å². The van der Waals surface area contributed by atoms with Crippen LogP contribution in [-0.2, 0) is 16.1 Å². The van der Waals surface area contributed by atoms with Crippen LogP contribution in [0.4, 0.5) is 4.79 Å². The van der Waals surface area contributed by atoms with Gasteiger partial charge in [-0.1, -0.05) is 30.9 Å². The largest absolute Gasteiger partial charge is 0.344 e. The number of carbonyl (C=O) groups excluding carboxylic acids is 3. The Bertz CT molecular complexity index is 802. The summed E-state index contributed by atoms with van der Waals surface area (Å²) in [5, 5.41) is 3.69. The highest BCUT2D eigenvalue weighted by Gasteiger charge is 2.52. The summed E-state index contributed by atoms with van der Waals surface area (Å²) in [6.45, 7) is 5.16. The smallest absolute Gasteiger partial charge is 0.322 e. The molecule has 2 N–H and O–H groups in total. The maximum absolute atomic E-state index is 12.7. The van der Waals surface area contributed by atoms with Gasteiger partial charge in [-0.25, -0.2) is 4.79 Å². The van der Waals surface area contributed by atoms with E-state index in [1.165, 1.54) is 4.88 Å². The van der Waals surface area contributed by atoms with Gasteiger partial charge in [-0.05, 0) is 25.0 Å². The van der Waals surface area contributed by atoms with E-state index < -0.39 is 11.6 Å². The zero-order valence-corrected chi connectivity index (χ0v) is 18.6. The number of hydrogen-bond acceptors (Lipinski definition) is 6. The molecular weight excluding hydrogens is 426 g/mol. The van der Waals surface area contributed by atoms with Crippen LogP contribution in [0.25, 0.3) is 0 Å². The average Bonchev–Trinajstić information content (AvgIpc) is 3.24. The summed E-state index contributed by atoms with van der Waals surface area (Å²) < 4.78 is 0.814. The number of nitrogens with zero attached hydrogens (tertiary/aromatic N) is 3. The summed E-state index contributed by atoms with van der Waals surface area (Å²) in [6, 6.07) is 3.48. The van der Waals surface area contributed by atoms with Gasteiger partial charge in [0.05, 0.1) is 4.34 Å². The maximum atomic E-state index is 12.7. The molecule has 1 aliphatic carbocycles. The van der Waals surface area contributed by atoms with Crippen molar-refractivity contribution in [3.8, 4) is 0 Å². The summed E-state index contributed by atoms with van der Waals surface area (Å²) in [5.74, 6) is -0.620. The topological polar surface area (TPSA) is 85.0 Å². The molecule has 1 spiro atoms. The molecule has 0 radical (unpaired) electrons. The van der Waals surface area contributed by atoms with Gasteiger partial charge in [0.2, 0.25) is 5.91 Å². The Morgan fingerprint density at radius 1 is 1.10 bits per heavy atom. The average molecular weight is 454 g/mol. The molecule has 1 aromatic heterocycles. The molecule has 10 heteroatoms. The van der Waals surface area contributed by atoms with Gasteiger partial charge in [0.1, 0.15) is 5.54 Å². The lowest BCUT2D eigenvalue weighted by Crippen LogP contribution is -2.51. The van der Waals surface area contributed by atoms with Crippen LogP contribution < -0.4 is 10.7 Å². The van der Waals surface area contributed by atoms with Crippen molar-refractivity contribution in [1.29, 1.82) is 0 Å². The predicted octanol–water partition coefficient (Wildman–Crippen LogP) is 2.20. The second kappa shape index (κ2) is 9.21. The minimum Gasteiger partial charge on any atom is -0.322 e. The molecule has 2 saturated heterocycles. The summed E-state index contributed by atoms with van der Waals surface area (Å²) in [6.07, 6.45) is 4.45. The quantitative estimate of drug-likeness (QED) is 0.645. The second-order valence-corrected chi connectivity index (χ2v) is 10.1. The van der Waals surface area contributed by atoms with Crippen LogP contribution in [0.2, 0.25) is 4.34 Å². The molecule has 30 heavy (non-hydrogen) atoms. The van der Waals surface area contributed by atoms with E-state index in [2.05, 4.69) is 26.6 Å². The van der Waals surface area contributed by atoms with Crippen molar-refractivity contribution in [2.45, 2.75) is 50.6 Å². The highest BCUT2D eigenvalue weighted by atomic mass is 35.5. The van der Waals surface area contributed by atoms with E-state index in [4.69, 9.17) is 11.6 Å². The minimum absolute atomic E-state index is 0.255. The maximum Gasteiger partial charge on any atom is 0.344 e. The minimum atomic E-state index is -0.814. The molecule has 1 saturated carbocycles. The molecule has 3 aliphatic rings. The molecule has 0 bridgehead atoms. The van der Waals surface area contributed by atoms with Crippen molar-refractivity contribution in [2.24, 2.45) is 0 Å². The monoisotopic (exact) mass is 453 g/mol. The first-order valence-corrected chi connectivity index (χ1v) is 11.8. The van der Waals surface area contributed by atoms with Gasteiger partial charge in [0.25, 0.3) is 5.91 Å². The normalized spacial score (nSPS) is 22.5. The van der Waals surface area contributed by atoms with Crippen molar-refractivity contribution < 1.29 is 14.4 Å². The number of hydrogen-bond donors (Lipinski definition) is 2. The molecule has 164 valence electrons. The predicted molar refractivity (Wildman–Crippen MR) is 115 cm³/mol. The number of halogens is 1. The fourth-order valence-corrected chi connectivity index (χ4v) is 5.61. The number of urea groups is 1. The van der Waals surface area contributed by atoms with Gasteiger partial charge in [-0.2, -0.15) is 5.01 Å². The number of rotatable bonds is 6. The SMILES string of the molecule is O=C(CCN1CCN(Cc2ccc(Cl)s2)CC1)NN1C(=O)NC2(CCCCC2)C1=O. The third-order valence-electron chi connectivity index (χ3n) is 6.23. The van der Waals surface area contributed by atoms with E-state index in [9.17, 15) is 14.4 Å². The van der Waals surface area contributed by atoms with Gasteiger partial charge in [-0.3, -0.25) is 19.9 Å². The Balaban J connectivity index is 1.19. The summed E-state index contributed by atoms with van der Waals surface area (Å²) in [7, 11) is 0.